The van der Waals surface area contributed by atoms with E-state index in [4.69, 9.17) is 13.0 Å². The zero-order chi connectivity index (χ0) is 26.8. The monoisotopic (exact) mass is 636 g/mol. The summed E-state index contributed by atoms with van der Waals surface area (Å²) in [5.74, 6) is 0. The first-order chi connectivity index (χ1) is 16.2. The molecule has 1 aromatic rings. The van der Waals surface area contributed by atoms with E-state index >= 15 is 0 Å². The Bertz CT molecular complexity index is 970. The fraction of sp³-hybridized carbons (Fsp3) is 0.538. The van der Waals surface area contributed by atoms with Crippen molar-refractivity contribution < 1.29 is 45.6 Å². The van der Waals surface area contributed by atoms with Crippen LogP contribution in [0.2, 0.25) is 0 Å². The van der Waals surface area contributed by atoms with Gasteiger partial charge in [-0.3, -0.25) is 0 Å². The van der Waals surface area contributed by atoms with Crippen molar-refractivity contribution in [2.45, 2.75) is 76.6 Å². The van der Waals surface area contributed by atoms with Crippen LogP contribution >= 0.6 is 7.92 Å². The zero-order valence-electron chi connectivity index (χ0n) is 21.9. The molecule has 2 aliphatic rings. The summed E-state index contributed by atoms with van der Waals surface area (Å²) in [6, 6.07) is 8.99. The quantitative estimate of drug-likeness (QED) is 0.115. The average Bonchev–Trinajstić information content (AvgIpc) is 3.06. The molecule has 0 atom stereocenters. The van der Waals surface area contributed by atoms with Crippen molar-refractivity contribution in [3.05, 3.63) is 65.4 Å². The number of alkyl halides is 3. The molecular formula is C26H39F3NO3PRhS+2. The van der Waals surface area contributed by atoms with Crippen LogP contribution in [-0.4, -0.2) is 48.8 Å². The summed E-state index contributed by atoms with van der Waals surface area (Å²) in [4.78, 5) is 2.34. The number of allylic oxidation sites excluding steroid dienone is 5. The minimum Gasteiger partial charge on any atom is -0.741 e. The summed E-state index contributed by atoms with van der Waals surface area (Å²) >= 11 is 0. The minimum atomic E-state index is -6.09. The second kappa shape index (κ2) is 16.1. The number of hydrogen-bond acceptors (Lipinski definition) is 4. The van der Waals surface area contributed by atoms with Crippen molar-refractivity contribution in [1.82, 2.24) is 4.90 Å². The standard InChI is InChI=1S/C17H26NP.C8H12.CHF3O3S.Rh/c1-12(2)19(13(3)4)17-15-10-8-7-9-14(15)11-16(17)18(5)6;1-2-4-6-8-7-5-3-1;2-1(3,4)8(5,6)7;/h7-10,12-13H,11H2,1-6H3;1-2,7-8H,3-6H2;(H,5,6,7);/q;;;+2/b;2-1-,8-7-;;. The molecule has 0 saturated carbocycles. The predicted molar refractivity (Wildman–Crippen MR) is 142 cm³/mol. The summed E-state index contributed by atoms with van der Waals surface area (Å²) < 4.78 is 58.9. The van der Waals surface area contributed by atoms with E-state index in [2.05, 4.69) is 95.3 Å². The van der Waals surface area contributed by atoms with Gasteiger partial charge in [-0.2, -0.15) is 13.2 Å². The van der Waals surface area contributed by atoms with Gasteiger partial charge in [0.2, 0.25) is 0 Å². The molecule has 4 nitrogen and oxygen atoms in total. The van der Waals surface area contributed by atoms with E-state index in [1.54, 1.807) is 11.0 Å². The largest absolute Gasteiger partial charge is 2.00 e. The number of rotatable bonds is 4. The summed E-state index contributed by atoms with van der Waals surface area (Å²) in [7, 11) is -2.22. The van der Waals surface area contributed by atoms with Crippen molar-refractivity contribution in [2.75, 3.05) is 14.1 Å². The molecule has 10 heteroatoms. The Morgan fingerprint density at radius 2 is 1.28 bits per heavy atom. The zero-order valence-corrected chi connectivity index (χ0v) is 25.3. The van der Waals surface area contributed by atoms with Crippen molar-refractivity contribution in [3.8, 4) is 0 Å². The molecule has 0 saturated heterocycles. The third-order valence-electron chi connectivity index (χ3n) is 5.62. The van der Waals surface area contributed by atoms with E-state index in [-0.39, 0.29) is 19.5 Å². The van der Waals surface area contributed by atoms with E-state index < -0.39 is 23.5 Å². The number of nitrogens with zero attached hydrogens (tertiary/aromatic N) is 1. The van der Waals surface area contributed by atoms with Gasteiger partial charge >= 0.3 is 25.0 Å². The molecule has 0 fully saturated rings. The molecule has 0 aromatic heterocycles. The second-order valence-electron chi connectivity index (χ2n) is 9.31. The van der Waals surface area contributed by atoms with Gasteiger partial charge in [0, 0.05) is 34.0 Å². The first kappa shape index (κ1) is 35.0. The summed E-state index contributed by atoms with van der Waals surface area (Å²) in [6.45, 7) is 9.59. The smallest absolute Gasteiger partial charge is 0.741 e. The molecule has 36 heavy (non-hydrogen) atoms. The molecule has 1 radical (unpaired) electrons. The molecule has 0 bridgehead atoms. The Hall–Kier alpha value is -1.01. The molecule has 0 N–H and O–H groups in total. The average molecular weight is 637 g/mol. The van der Waals surface area contributed by atoms with Gasteiger partial charge in [-0.15, -0.1) is 0 Å². The molecule has 205 valence electrons. The molecule has 1 aromatic carbocycles. The molecule has 3 rings (SSSR count). The van der Waals surface area contributed by atoms with Gasteiger partial charge in [0.05, 0.1) is 17.0 Å². The van der Waals surface area contributed by atoms with Crippen LogP contribution in [0.25, 0.3) is 5.31 Å². The second-order valence-corrected chi connectivity index (χ2v) is 14.4. The maximum Gasteiger partial charge on any atom is 2.00 e. The van der Waals surface area contributed by atoms with E-state index in [0.29, 0.717) is 0 Å². The maximum absolute atomic E-state index is 10.7. The van der Waals surface area contributed by atoms with Crippen LogP contribution in [-0.2, 0) is 36.0 Å². The van der Waals surface area contributed by atoms with Crippen LogP contribution < -0.4 is 0 Å². The van der Waals surface area contributed by atoms with Crippen LogP contribution in [0.15, 0.2) is 54.3 Å². The Morgan fingerprint density at radius 3 is 1.61 bits per heavy atom. The molecule has 0 unspecified atom stereocenters. The van der Waals surface area contributed by atoms with Crippen LogP contribution in [0, 0.1) is 0 Å². The molecule has 0 amide bonds. The first-order valence-corrected chi connectivity index (χ1v) is 14.9. The van der Waals surface area contributed by atoms with Gasteiger partial charge in [-0.1, -0.05) is 48.6 Å². The van der Waals surface area contributed by atoms with E-state index in [1.807, 2.05) is 0 Å². The van der Waals surface area contributed by atoms with Gasteiger partial charge < -0.3 is 9.45 Å². The summed E-state index contributed by atoms with van der Waals surface area (Å²) in [5.41, 5.74) is 0.514. The number of hydrogen-bond donors (Lipinski definition) is 0. The van der Waals surface area contributed by atoms with Gasteiger partial charge in [0.25, 0.3) is 0 Å². The normalized spacial score (nSPS) is 17.1. The van der Waals surface area contributed by atoms with Crippen molar-refractivity contribution in [2.24, 2.45) is 0 Å². The maximum atomic E-state index is 10.7. The third kappa shape index (κ3) is 11.2. The van der Waals surface area contributed by atoms with Crippen molar-refractivity contribution in [3.63, 3.8) is 0 Å². The number of benzene rings is 1. The molecule has 2 aliphatic carbocycles. The number of likely N-dealkylation sites (N-methyl/N-ethyl adjacent to an activating group) is 1. The van der Waals surface area contributed by atoms with Crippen LogP contribution in [0.4, 0.5) is 13.2 Å². The van der Waals surface area contributed by atoms with Crippen LogP contribution in [0.1, 0.15) is 64.5 Å². The van der Waals surface area contributed by atoms with Gasteiger partial charge in [-0.25, -0.2) is 8.42 Å². The van der Waals surface area contributed by atoms with E-state index in [9.17, 15) is 13.2 Å². The van der Waals surface area contributed by atoms with E-state index in [1.165, 1.54) is 36.8 Å². The predicted octanol–water partition coefficient (Wildman–Crippen LogP) is 7.23. The molecular weight excluding hydrogens is 597 g/mol. The minimum absolute atomic E-state index is 0. The fourth-order valence-electron chi connectivity index (χ4n) is 4.15. The topological polar surface area (TPSA) is 60.4 Å². The Labute approximate surface area is 229 Å². The Kier molecular flexibility index (Phi) is 15.6. The van der Waals surface area contributed by atoms with Crippen LogP contribution in [0.3, 0.4) is 0 Å². The van der Waals surface area contributed by atoms with Gasteiger partial charge in [-0.05, 0) is 58.9 Å². The fourth-order valence-corrected chi connectivity index (χ4v) is 7.83. The molecule has 0 spiro atoms. The Morgan fingerprint density at radius 1 is 0.889 bits per heavy atom. The van der Waals surface area contributed by atoms with Crippen molar-refractivity contribution in [1.29, 1.82) is 0 Å². The molecule has 0 heterocycles. The van der Waals surface area contributed by atoms with Crippen molar-refractivity contribution >= 4 is 23.4 Å². The van der Waals surface area contributed by atoms with E-state index in [0.717, 1.165) is 17.7 Å². The molecule has 0 aliphatic heterocycles. The number of fused-ring (bicyclic) bond motifs is 1. The Balaban J connectivity index is 0.000000599. The van der Waals surface area contributed by atoms with Gasteiger partial charge in [0.15, 0.2) is 10.1 Å². The van der Waals surface area contributed by atoms with Gasteiger partial charge in [0.1, 0.15) is 5.31 Å². The van der Waals surface area contributed by atoms with Crippen LogP contribution in [0.5, 0.6) is 0 Å². The summed E-state index contributed by atoms with van der Waals surface area (Å²) in [6.07, 6.45) is 15.1. The SMILES string of the molecule is C1=C\CC/C=C\CC/1.CC(C)[PH+](C1=C(N(C)C)Cc2ccccc21)C(C)C.O=S(=O)([O-])C(F)(F)F.[Rh+2]. The first-order valence-electron chi connectivity index (χ1n) is 11.9. The number of halogens is 3. The third-order valence-corrected chi connectivity index (χ3v) is 9.81. The summed E-state index contributed by atoms with van der Waals surface area (Å²) in [5, 5.41) is 1.69.